The number of imidazole rings is 1. The molecule has 0 aliphatic carbocycles. The lowest BCUT2D eigenvalue weighted by atomic mass is 10.2. The number of carbonyl (C=O) groups excluding carboxylic acids is 1. The van der Waals surface area contributed by atoms with E-state index in [0.717, 1.165) is 4.57 Å². The molecule has 180 valence electrons. The Morgan fingerprint density at radius 3 is 2.38 bits per heavy atom. The number of aryl methyl sites for hydroxylation is 1. The number of amides is 1. The molecule has 1 amide bonds. The molecular formula is C20H14F6N4O3S. The molecule has 0 bridgehead atoms. The third kappa shape index (κ3) is 4.02. The molecule has 3 heterocycles. The second-order valence-corrected chi connectivity index (χ2v) is 7.83. The first kappa shape index (κ1) is 23.7. The maximum absolute atomic E-state index is 14.5. The predicted molar refractivity (Wildman–Crippen MR) is 108 cm³/mol. The Kier molecular flexibility index (Phi) is 5.87. The number of rotatable bonds is 5. The van der Waals surface area contributed by atoms with E-state index in [1.54, 1.807) is 13.1 Å². The molecule has 34 heavy (non-hydrogen) atoms. The van der Waals surface area contributed by atoms with Crippen molar-refractivity contribution in [1.82, 2.24) is 19.0 Å². The first-order valence-electron chi connectivity index (χ1n) is 9.57. The molecule has 0 atom stereocenters. The van der Waals surface area contributed by atoms with Crippen LogP contribution in [-0.2, 0) is 6.54 Å². The number of thiol groups is 1. The normalized spacial score (nSPS) is 13.9. The largest absolute Gasteiger partial charge is 0.427 e. The minimum absolute atomic E-state index is 0.149. The minimum Gasteiger partial charge on any atom is -0.427 e. The zero-order chi connectivity index (χ0) is 24.9. The summed E-state index contributed by atoms with van der Waals surface area (Å²) in [6, 6.07) is 2.60. The number of benzene rings is 1. The topological polar surface area (TPSA) is 69.4 Å². The molecule has 0 saturated carbocycles. The van der Waals surface area contributed by atoms with Gasteiger partial charge >= 0.3 is 6.11 Å². The summed E-state index contributed by atoms with van der Waals surface area (Å²) >= 11 is 3.38. The number of hydrogen-bond donors (Lipinski definition) is 1. The summed E-state index contributed by atoms with van der Waals surface area (Å²) in [5, 5.41) is 0. The van der Waals surface area contributed by atoms with Crippen LogP contribution in [0.25, 0.3) is 5.69 Å². The summed E-state index contributed by atoms with van der Waals surface area (Å²) in [7, 11) is 0. The molecule has 7 nitrogen and oxygen atoms in total. The van der Waals surface area contributed by atoms with Gasteiger partial charge in [-0.25, -0.2) is 18.2 Å². The minimum atomic E-state index is -4.35. The number of hydrogen-bond acceptors (Lipinski definition) is 5. The number of ether oxygens (including phenoxy) is 1. The van der Waals surface area contributed by atoms with E-state index in [9.17, 15) is 35.9 Å². The molecule has 0 fully saturated rings. The molecule has 0 N–H and O–H groups in total. The number of carbonyl (C=O) groups is 1. The number of nitrogens with zero attached hydrogens (tertiary/aromatic N) is 4. The van der Waals surface area contributed by atoms with Gasteiger partial charge in [-0.2, -0.15) is 13.2 Å². The van der Waals surface area contributed by atoms with Gasteiger partial charge < -0.3 is 18.8 Å². The summed E-state index contributed by atoms with van der Waals surface area (Å²) in [4.78, 5) is 28.9. The summed E-state index contributed by atoms with van der Waals surface area (Å²) in [5.41, 5.74) is 0.0993. The first-order chi connectivity index (χ1) is 15.9. The highest BCUT2D eigenvalue weighted by atomic mass is 32.1. The van der Waals surface area contributed by atoms with Gasteiger partial charge in [-0.05, 0) is 19.1 Å². The fourth-order valence-electron chi connectivity index (χ4n) is 3.46. The SMILES string of the molecule is Cc1cn(-c2ccc3n(c2=O)CCN(CC(F)(F)Oc2c(F)c(F)c(F)c(F)c2S)C3=O)cn1. The van der Waals surface area contributed by atoms with Crippen molar-refractivity contribution in [2.24, 2.45) is 0 Å². The molecule has 0 unspecified atom stereocenters. The Morgan fingerprint density at radius 2 is 1.74 bits per heavy atom. The van der Waals surface area contributed by atoms with Gasteiger partial charge in [0.2, 0.25) is 11.6 Å². The molecule has 3 aromatic rings. The van der Waals surface area contributed by atoms with Gasteiger partial charge in [0.25, 0.3) is 11.5 Å². The number of pyridine rings is 1. The fourth-order valence-corrected chi connectivity index (χ4v) is 3.70. The summed E-state index contributed by atoms with van der Waals surface area (Å²) in [6.45, 7) is -0.230. The molecule has 2 aromatic heterocycles. The Morgan fingerprint density at radius 1 is 1.06 bits per heavy atom. The highest BCUT2D eigenvalue weighted by Gasteiger charge is 2.41. The lowest BCUT2D eigenvalue weighted by Gasteiger charge is -2.32. The van der Waals surface area contributed by atoms with Crippen molar-refractivity contribution < 1.29 is 35.9 Å². The average Bonchev–Trinajstić information content (AvgIpc) is 3.22. The molecule has 0 saturated heterocycles. The molecule has 1 aliphatic rings. The van der Waals surface area contributed by atoms with Crippen LogP contribution >= 0.6 is 12.6 Å². The van der Waals surface area contributed by atoms with E-state index >= 15 is 0 Å². The van der Waals surface area contributed by atoms with Crippen LogP contribution in [0, 0.1) is 30.2 Å². The maximum Gasteiger partial charge on any atom is 0.416 e. The monoisotopic (exact) mass is 504 g/mol. The van der Waals surface area contributed by atoms with Crippen LogP contribution in [0.4, 0.5) is 26.3 Å². The zero-order valence-corrected chi connectivity index (χ0v) is 18.1. The van der Waals surface area contributed by atoms with Gasteiger partial charge in [-0.1, -0.05) is 0 Å². The molecule has 14 heteroatoms. The Bertz CT molecular complexity index is 1340. The van der Waals surface area contributed by atoms with Gasteiger partial charge in [0, 0.05) is 19.3 Å². The lowest BCUT2D eigenvalue weighted by Crippen LogP contribution is -2.50. The van der Waals surface area contributed by atoms with Crippen molar-refractivity contribution in [2.45, 2.75) is 24.5 Å². The van der Waals surface area contributed by atoms with Crippen molar-refractivity contribution in [3.05, 3.63) is 69.7 Å². The van der Waals surface area contributed by atoms with E-state index in [1.807, 2.05) is 0 Å². The van der Waals surface area contributed by atoms with Gasteiger partial charge in [0.05, 0.1) is 16.9 Å². The van der Waals surface area contributed by atoms with Crippen molar-refractivity contribution in [3.63, 3.8) is 0 Å². The summed E-state index contributed by atoms with van der Waals surface area (Å²) in [5.74, 6) is -11.4. The third-order valence-corrected chi connectivity index (χ3v) is 5.47. The van der Waals surface area contributed by atoms with Gasteiger partial charge in [0.15, 0.2) is 17.4 Å². The predicted octanol–water partition coefficient (Wildman–Crippen LogP) is 3.32. The van der Waals surface area contributed by atoms with E-state index in [2.05, 4.69) is 22.3 Å². The van der Waals surface area contributed by atoms with Crippen molar-refractivity contribution in [3.8, 4) is 11.4 Å². The maximum atomic E-state index is 14.5. The van der Waals surface area contributed by atoms with Crippen LogP contribution in [0.1, 0.15) is 16.2 Å². The van der Waals surface area contributed by atoms with Crippen LogP contribution in [0.2, 0.25) is 0 Å². The van der Waals surface area contributed by atoms with Crippen LogP contribution in [0.3, 0.4) is 0 Å². The van der Waals surface area contributed by atoms with Crippen LogP contribution in [-0.4, -0.2) is 44.1 Å². The fraction of sp³-hybridized carbons (Fsp3) is 0.250. The van der Waals surface area contributed by atoms with E-state index < -0.39 is 58.0 Å². The Hall–Kier alpha value is -3.42. The number of aromatic nitrogens is 3. The second kappa shape index (κ2) is 8.42. The number of alkyl halides is 2. The summed E-state index contributed by atoms with van der Waals surface area (Å²) in [6.07, 6.45) is -1.35. The molecule has 0 spiro atoms. The van der Waals surface area contributed by atoms with E-state index in [0.29, 0.717) is 10.6 Å². The summed E-state index contributed by atoms with van der Waals surface area (Å²) < 4.78 is 89.8. The smallest absolute Gasteiger partial charge is 0.416 e. The average molecular weight is 504 g/mol. The van der Waals surface area contributed by atoms with Crippen LogP contribution in [0.15, 0.2) is 34.3 Å². The standard InChI is InChI=1S/C20H14F6N4O3S/c1-9-6-29(8-27-9)10-2-3-11-18(31)28(4-5-30(11)19(10)32)7-20(25,26)33-16-14(23)12(21)13(22)15(24)17(16)34/h2-3,6,8,34H,4-5,7H2,1H3. The highest BCUT2D eigenvalue weighted by molar-refractivity contribution is 7.80. The molecule has 1 aliphatic heterocycles. The first-order valence-corrected chi connectivity index (χ1v) is 10.0. The Labute approximate surface area is 192 Å². The van der Waals surface area contributed by atoms with E-state index in [1.165, 1.54) is 23.0 Å². The van der Waals surface area contributed by atoms with Crippen molar-refractivity contribution in [1.29, 1.82) is 0 Å². The quantitative estimate of drug-likeness (QED) is 0.251. The highest BCUT2D eigenvalue weighted by Crippen LogP contribution is 2.36. The van der Waals surface area contributed by atoms with Crippen molar-refractivity contribution in [2.75, 3.05) is 13.1 Å². The second-order valence-electron chi connectivity index (χ2n) is 7.38. The number of halogens is 6. The lowest BCUT2D eigenvalue weighted by molar-refractivity contribution is -0.187. The number of fused-ring (bicyclic) bond motifs is 1. The van der Waals surface area contributed by atoms with Gasteiger partial charge in [0.1, 0.15) is 17.9 Å². The van der Waals surface area contributed by atoms with Crippen molar-refractivity contribution >= 4 is 18.5 Å². The van der Waals surface area contributed by atoms with Crippen LogP contribution < -0.4 is 10.3 Å². The van der Waals surface area contributed by atoms with Crippen LogP contribution in [0.5, 0.6) is 5.75 Å². The molecule has 4 rings (SSSR count). The third-order valence-electron chi connectivity index (χ3n) is 5.07. The van der Waals surface area contributed by atoms with E-state index in [-0.39, 0.29) is 24.5 Å². The molecular weight excluding hydrogens is 490 g/mol. The van der Waals surface area contributed by atoms with E-state index in [4.69, 9.17) is 0 Å². The Balaban J connectivity index is 1.58. The van der Waals surface area contributed by atoms with Gasteiger partial charge in [-0.15, -0.1) is 12.6 Å². The molecule has 1 aromatic carbocycles. The van der Waals surface area contributed by atoms with Gasteiger partial charge in [-0.3, -0.25) is 9.59 Å². The zero-order valence-electron chi connectivity index (χ0n) is 17.2. The molecule has 0 radical (unpaired) electrons.